The van der Waals surface area contributed by atoms with E-state index in [2.05, 4.69) is 52.2 Å². The highest BCUT2D eigenvalue weighted by Crippen LogP contribution is 2.19. The minimum atomic E-state index is -0.396. The second kappa shape index (κ2) is 9.73. The molecule has 0 unspecified atom stereocenters. The van der Waals surface area contributed by atoms with Gasteiger partial charge in [-0.3, -0.25) is 10.1 Å². The zero-order valence-electron chi connectivity index (χ0n) is 14.5. The number of benzene rings is 2. The van der Waals surface area contributed by atoms with E-state index in [4.69, 9.17) is 9.47 Å². The van der Waals surface area contributed by atoms with Crippen LogP contribution in [0.3, 0.4) is 0 Å². The van der Waals surface area contributed by atoms with E-state index < -0.39 is 6.04 Å². The van der Waals surface area contributed by atoms with Crippen molar-refractivity contribution in [1.82, 2.24) is 5.32 Å². The van der Waals surface area contributed by atoms with Crippen LogP contribution in [-0.4, -0.2) is 25.2 Å². The lowest BCUT2D eigenvalue weighted by Gasteiger charge is -2.19. The number of hydrogen-bond donors (Lipinski definition) is 1. The lowest BCUT2D eigenvalue weighted by Crippen LogP contribution is -2.39. The van der Waals surface area contributed by atoms with Crippen molar-refractivity contribution >= 4 is 28.6 Å². The molecule has 5 heteroatoms. The van der Waals surface area contributed by atoms with Crippen molar-refractivity contribution in [2.24, 2.45) is 0 Å². The summed E-state index contributed by atoms with van der Waals surface area (Å²) in [6.45, 7) is 1.44. The number of esters is 1. The van der Waals surface area contributed by atoms with E-state index in [9.17, 15) is 4.79 Å². The maximum atomic E-state index is 12.6. The van der Waals surface area contributed by atoms with Gasteiger partial charge in [-0.1, -0.05) is 42.5 Å². The first-order valence-corrected chi connectivity index (χ1v) is 9.80. The molecule has 1 heterocycles. The molecule has 0 bridgehead atoms. The number of ether oxygens (including phenoxy) is 2. The monoisotopic (exact) mass is 463 g/mol. The molecule has 1 aliphatic rings. The molecule has 3 rings (SSSR count). The van der Waals surface area contributed by atoms with Gasteiger partial charge in [-0.05, 0) is 59.2 Å². The highest BCUT2D eigenvalue weighted by atomic mass is 127. The molecule has 0 amide bonds. The van der Waals surface area contributed by atoms with Crippen LogP contribution in [0.5, 0.6) is 5.75 Å². The Morgan fingerprint density at radius 2 is 1.85 bits per heavy atom. The third kappa shape index (κ3) is 5.57. The van der Waals surface area contributed by atoms with Crippen LogP contribution in [0.2, 0.25) is 0 Å². The maximum Gasteiger partial charge on any atom is 0.323 e. The Morgan fingerprint density at radius 1 is 1.04 bits per heavy atom. The first kappa shape index (κ1) is 18.9. The van der Waals surface area contributed by atoms with Crippen molar-refractivity contribution in [1.29, 1.82) is 0 Å². The van der Waals surface area contributed by atoms with Crippen LogP contribution in [0.1, 0.15) is 17.5 Å². The Kier molecular flexibility index (Phi) is 7.08. The third-order valence-corrected chi connectivity index (χ3v) is 4.90. The highest BCUT2D eigenvalue weighted by Gasteiger charge is 2.21. The number of hydrogen-bond acceptors (Lipinski definition) is 4. The largest absolute Gasteiger partial charge is 0.489 e. The molecule has 1 aliphatic heterocycles. The van der Waals surface area contributed by atoms with Gasteiger partial charge >= 0.3 is 5.97 Å². The molecule has 26 heavy (non-hydrogen) atoms. The summed E-state index contributed by atoms with van der Waals surface area (Å²) in [5.41, 5.74) is 2.13. The number of nitrogens with one attached hydrogen (secondary N) is 1. The van der Waals surface area contributed by atoms with Crippen molar-refractivity contribution in [3.63, 3.8) is 0 Å². The van der Waals surface area contributed by atoms with Crippen LogP contribution < -0.4 is 10.1 Å². The van der Waals surface area contributed by atoms with E-state index in [1.165, 1.54) is 3.57 Å². The Bertz CT molecular complexity index is 758. The molecule has 136 valence electrons. The topological polar surface area (TPSA) is 47.6 Å². The van der Waals surface area contributed by atoms with E-state index in [1.54, 1.807) is 0 Å². The van der Waals surface area contributed by atoms with Crippen molar-refractivity contribution in [3.8, 4) is 5.75 Å². The molecule has 0 saturated heterocycles. The maximum absolute atomic E-state index is 12.6. The lowest BCUT2D eigenvalue weighted by atomic mass is 10.1. The Labute approximate surface area is 167 Å². The Hall–Kier alpha value is -1.86. The molecule has 0 spiro atoms. The van der Waals surface area contributed by atoms with Crippen molar-refractivity contribution in [3.05, 3.63) is 75.4 Å². The fraction of sp³-hybridized carbons (Fsp3) is 0.286. The number of rotatable bonds is 2. The minimum Gasteiger partial charge on any atom is -0.489 e. The average molecular weight is 463 g/mol. The molecule has 0 radical (unpaired) electrons. The highest BCUT2D eigenvalue weighted by molar-refractivity contribution is 14.1. The summed E-state index contributed by atoms with van der Waals surface area (Å²) in [5, 5.41) is 3.35. The molecule has 2 aromatic carbocycles. The number of fused-ring (bicyclic) bond motifs is 1. The molecular formula is C21H22INO3. The van der Waals surface area contributed by atoms with Crippen LogP contribution >= 0.6 is 22.6 Å². The van der Waals surface area contributed by atoms with Crippen LogP contribution in [0, 0.1) is 3.57 Å². The molecule has 4 nitrogen and oxygen atoms in total. The molecule has 0 aliphatic carbocycles. The van der Waals surface area contributed by atoms with E-state index in [-0.39, 0.29) is 5.97 Å². The Balaban J connectivity index is 1.78. The molecular weight excluding hydrogens is 441 g/mol. The smallest absolute Gasteiger partial charge is 0.323 e. The van der Waals surface area contributed by atoms with Gasteiger partial charge in [0.05, 0.1) is 6.61 Å². The summed E-state index contributed by atoms with van der Waals surface area (Å²) in [5.74, 6) is 0.625. The van der Waals surface area contributed by atoms with Crippen molar-refractivity contribution in [2.75, 3.05) is 13.2 Å². The fourth-order valence-corrected chi connectivity index (χ4v) is 3.13. The lowest BCUT2D eigenvalue weighted by molar-refractivity contribution is -0.146. The van der Waals surface area contributed by atoms with Gasteiger partial charge < -0.3 is 9.47 Å². The van der Waals surface area contributed by atoms with Gasteiger partial charge in [-0.2, -0.15) is 0 Å². The van der Waals surface area contributed by atoms with Crippen molar-refractivity contribution < 1.29 is 14.3 Å². The quantitative estimate of drug-likeness (QED) is 0.418. The van der Waals surface area contributed by atoms with E-state index in [0.717, 1.165) is 16.9 Å². The molecule has 0 aromatic heterocycles. The molecule has 2 aromatic rings. The normalized spacial score (nSPS) is 19.7. The summed E-state index contributed by atoms with van der Waals surface area (Å²) in [7, 11) is 0. The standard InChI is InChI=1S/C21H22INO3/c22-18-10-8-16(9-11-18)14-19-21(24)26-13-5-1-4-12-25-20-7-3-2-6-17(20)15-23-19/h1-4,6-11,19,23H,5,12-15H2/b4-1-/t19-/m0/s1. The Morgan fingerprint density at radius 3 is 2.69 bits per heavy atom. The van der Waals surface area contributed by atoms with Gasteiger partial charge in [-0.15, -0.1) is 0 Å². The minimum absolute atomic E-state index is 0.213. The number of halogens is 1. The van der Waals surface area contributed by atoms with Crippen LogP contribution in [0.15, 0.2) is 60.7 Å². The van der Waals surface area contributed by atoms with E-state index >= 15 is 0 Å². The zero-order chi connectivity index (χ0) is 18.2. The first-order valence-electron chi connectivity index (χ1n) is 8.72. The van der Waals surface area contributed by atoms with Gasteiger partial charge in [0.1, 0.15) is 18.4 Å². The van der Waals surface area contributed by atoms with E-state index in [1.807, 2.05) is 36.4 Å². The summed E-state index contributed by atoms with van der Waals surface area (Å²) < 4.78 is 12.5. The first-order chi connectivity index (χ1) is 12.7. The van der Waals surface area contributed by atoms with Crippen LogP contribution in [0.25, 0.3) is 0 Å². The molecule has 0 fully saturated rings. The number of para-hydroxylation sites is 1. The van der Waals surface area contributed by atoms with Crippen molar-refractivity contribution in [2.45, 2.75) is 25.4 Å². The predicted molar refractivity (Wildman–Crippen MR) is 110 cm³/mol. The zero-order valence-corrected chi connectivity index (χ0v) is 16.6. The predicted octanol–water partition coefficient (Wildman–Crippen LogP) is 3.87. The van der Waals surface area contributed by atoms with Gasteiger partial charge in [0.2, 0.25) is 0 Å². The summed E-state index contributed by atoms with van der Waals surface area (Å²) in [6, 6.07) is 15.7. The van der Waals surface area contributed by atoms with Gasteiger partial charge in [0.15, 0.2) is 0 Å². The van der Waals surface area contributed by atoms with Gasteiger partial charge in [0, 0.05) is 15.7 Å². The SMILES string of the molecule is O=C1OCC/C=C\COc2ccccc2CN[C@H]1Cc1ccc(I)cc1. The number of cyclic esters (lactones) is 1. The number of carbonyl (C=O) groups excluding carboxylic acids is 1. The van der Waals surface area contributed by atoms with Crippen LogP contribution in [-0.2, 0) is 22.5 Å². The third-order valence-electron chi connectivity index (χ3n) is 4.18. The fourth-order valence-electron chi connectivity index (χ4n) is 2.77. The average Bonchev–Trinajstić information content (AvgIpc) is 2.67. The summed E-state index contributed by atoms with van der Waals surface area (Å²) in [4.78, 5) is 12.6. The van der Waals surface area contributed by atoms with E-state index in [0.29, 0.717) is 32.6 Å². The summed E-state index contributed by atoms with van der Waals surface area (Å²) in [6.07, 6.45) is 5.22. The number of carbonyl (C=O) groups is 1. The second-order valence-corrected chi connectivity index (χ2v) is 7.36. The van der Waals surface area contributed by atoms with Crippen LogP contribution in [0.4, 0.5) is 0 Å². The summed E-state index contributed by atoms with van der Waals surface area (Å²) >= 11 is 2.28. The molecule has 0 saturated carbocycles. The van der Waals surface area contributed by atoms with Gasteiger partial charge in [-0.25, -0.2) is 0 Å². The van der Waals surface area contributed by atoms with Gasteiger partial charge in [0.25, 0.3) is 0 Å². The molecule has 1 N–H and O–H groups in total. The molecule has 1 atom stereocenters. The second-order valence-electron chi connectivity index (χ2n) is 6.11.